The third-order valence-corrected chi connectivity index (χ3v) is 5.57. The first-order valence-electron chi connectivity index (χ1n) is 9.84. The summed E-state index contributed by atoms with van der Waals surface area (Å²) in [5.41, 5.74) is 4.57. The Morgan fingerprint density at radius 1 is 1.10 bits per heavy atom. The molecule has 1 saturated heterocycles. The van der Waals surface area contributed by atoms with Gasteiger partial charge in [-0.05, 0) is 50.3 Å². The highest BCUT2D eigenvalue weighted by Gasteiger charge is 2.35. The van der Waals surface area contributed by atoms with E-state index >= 15 is 0 Å². The van der Waals surface area contributed by atoms with Crippen LogP contribution in [0.1, 0.15) is 19.4 Å². The van der Waals surface area contributed by atoms with Gasteiger partial charge in [0.05, 0.1) is 15.7 Å². The summed E-state index contributed by atoms with van der Waals surface area (Å²) in [4.78, 5) is 27.7. The number of amides is 2. The monoisotopic (exact) mass is 459 g/mol. The van der Waals surface area contributed by atoms with E-state index in [0.29, 0.717) is 28.6 Å². The molecule has 0 atom stereocenters. The van der Waals surface area contributed by atoms with Crippen LogP contribution >= 0.6 is 23.2 Å². The molecule has 1 aliphatic rings. The number of hydrazine groups is 1. The second kappa shape index (κ2) is 9.90. The number of halogens is 2. The molecule has 0 aromatic heterocycles. The van der Waals surface area contributed by atoms with Gasteiger partial charge in [-0.2, -0.15) is 0 Å². The van der Waals surface area contributed by atoms with E-state index in [2.05, 4.69) is 30.8 Å². The fourth-order valence-electron chi connectivity index (χ4n) is 3.22. The Kier molecular flexibility index (Phi) is 7.25. The van der Waals surface area contributed by atoms with Gasteiger partial charge in [-0.15, -0.1) is 0 Å². The molecule has 0 saturated carbocycles. The van der Waals surface area contributed by atoms with Gasteiger partial charge in [-0.1, -0.05) is 35.9 Å². The highest BCUT2D eigenvalue weighted by Crippen LogP contribution is 2.31. The van der Waals surface area contributed by atoms with Crippen LogP contribution in [0.15, 0.2) is 54.6 Å². The Balaban J connectivity index is 1.97. The van der Waals surface area contributed by atoms with Crippen molar-refractivity contribution < 1.29 is 14.3 Å². The fourth-order valence-corrected chi connectivity index (χ4v) is 3.51. The van der Waals surface area contributed by atoms with E-state index in [1.165, 1.54) is 12.1 Å². The van der Waals surface area contributed by atoms with Crippen molar-refractivity contribution in [2.24, 2.45) is 0 Å². The summed E-state index contributed by atoms with van der Waals surface area (Å²) < 4.78 is 5.81. The number of hydrogen-bond acceptors (Lipinski definition) is 4. The first kappa shape index (κ1) is 22.7. The van der Waals surface area contributed by atoms with Crippen molar-refractivity contribution in [3.63, 3.8) is 0 Å². The van der Waals surface area contributed by atoms with Crippen molar-refractivity contribution >= 4 is 52.5 Å². The molecule has 6 nitrogen and oxygen atoms in total. The molecule has 1 aliphatic heterocycles. The number of carbonyl (C=O) groups is 2. The molecule has 1 fully saturated rings. The Bertz CT molecular complexity index is 1050. The molecule has 1 heterocycles. The van der Waals surface area contributed by atoms with E-state index in [1.807, 2.05) is 18.2 Å². The topological polar surface area (TPSA) is 61.9 Å². The first-order valence-corrected chi connectivity index (χ1v) is 10.6. The lowest BCUT2D eigenvalue weighted by atomic mass is 10.1. The lowest BCUT2D eigenvalue weighted by Crippen LogP contribution is -2.35. The van der Waals surface area contributed by atoms with Gasteiger partial charge in [0.1, 0.15) is 17.9 Å². The molecule has 162 valence electrons. The average Bonchev–Trinajstić information content (AvgIpc) is 3.04. The number of nitrogens with zero attached hydrogens (tertiary/aromatic N) is 2. The lowest BCUT2D eigenvalue weighted by Gasteiger charge is -2.22. The van der Waals surface area contributed by atoms with Gasteiger partial charge in [0.15, 0.2) is 0 Å². The van der Waals surface area contributed by atoms with Crippen molar-refractivity contribution in [1.82, 2.24) is 5.43 Å². The molecule has 1 N–H and O–H groups in total. The number of rotatable bonds is 8. The van der Waals surface area contributed by atoms with Gasteiger partial charge < -0.3 is 9.64 Å². The number of benzene rings is 2. The van der Waals surface area contributed by atoms with E-state index < -0.39 is 11.8 Å². The maximum Gasteiger partial charge on any atom is 0.282 e. The second-order valence-electron chi connectivity index (χ2n) is 6.73. The molecule has 3 rings (SSSR count). The van der Waals surface area contributed by atoms with Gasteiger partial charge in [0.25, 0.3) is 11.8 Å². The Morgan fingerprint density at radius 3 is 2.48 bits per heavy atom. The molecule has 0 unspecified atom stereocenters. The summed E-state index contributed by atoms with van der Waals surface area (Å²) >= 11 is 12.0. The summed E-state index contributed by atoms with van der Waals surface area (Å²) in [6.07, 6.45) is 3.17. The average molecular weight is 460 g/mol. The number of hydrogen-bond donors (Lipinski definition) is 1. The van der Waals surface area contributed by atoms with Crippen LogP contribution in [0.5, 0.6) is 5.75 Å². The standard InChI is InChI=1S/C23H23Cl2N3O3/c1-4-11-31-21-14-16(27(5-2)6-3)8-7-15(21)12-18-22(29)26-28(23(18)30)17-9-10-19(24)20(25)13-17/h4,7-10,12-14H,1,5-6,11H2,2-3H3,(H,26,29)/b18-12+. The third kappa shape index (κ3) is 4.86. The third-order valence-electron chi connectivity index (χ3n) is 4.84. The van der Waals surface area contributed by atoms with Crippen LogP contribution in [0, 0.1) is 0 Å². The van der Waals surface area contributed by atoms with Crippen molar-refractivity contribution in [3.05, 3.63) is 70.2 Å². The van der Waals surface area contributed by atoms with Crippen LogP contribution < -0.4 is 20.1 Å². The van der Waals surface area contributed by atoms with Gasteiger partial charge in [-0.25, -0.2) is 5.01 Å². The van der Waals surface area contributed by atoms with Crippen LogP contribution in [-0.4, -0.2) is 31.5 Å². The van der Waals surface area contributed by atoms with Crippen LogP contribution in [-0.2, 0) is 9.59 Å². The van der Waals surface area contributed by atoms with Crippen molar-refractivity contribution in [1.29, 1.82) is 0 Å². The number of nitrogens with one attached hydrogen (secondary N) is 1. The Labute approximate surface area is 191 Å². The first-order chi connectivity index (χ1) is 14.9. The van der Waals surface area contributed by atoms with Crippen LogP contribution in [0.2, 0.25) is 10.0 Å². The van der Waals surface area contributed by atoms with Crippen LogP contribution in [0.4, 0.5) is 11.4 Å². The maximum atomic E-state index is 12.9. The minimum absolute atomic E-state index is 0.00915. The summed E-state index contributed by atoms with van der Waals surface area (Å²) in [5.74, 6) is -0.449. The Hall–Kier alpha value is -2.96. The SMILES string of the molecule is C=CCOc1cc(N(CC)CC)ccc1/C=C1\C(=O)NN(c2ccc(Cl)c(Cl)c2)C1=O. The largest absolute Gasteiger partial charge is 0.489 e. The van der Waals surface area contributed by atoms with E-state index in [-0.39, 0.29) is 10.6 Å². The number of carbonyl (C=O) groups excluding carboxylic acids is 2. The van der Waals surface area contributed by atoms with Gasteiger partial charge >= 0.3 is 0 Å². The highest BCUT2D eigenvalue weighted by molar-refractivity contribution is 6.42. The summed E-state index contributed by atoms with van der Waals surface area (Å²) in [6, 6.07) is 10.4. The minimum atomic E-state index is -0.515. The number of ether oxygens (including phenoxy) is 1. The quantitative estimate of drug-likeness (QED) is 0.347. The second-order valence-corrected chi connectivity index (χ2v) is 7.55. The molecular formula is C23H23Cl2N3O3. The zero-order valence-electron chi connectivity index (χ0n) is 17.3. The predicted octanol–water partition coefficient (Wildman–Crippen LogP) is 4.87. The molecular weight excluding hydrogens is 437 g/mol. The number of anilines is 2. The van der Waals surface area contributed by atoms with E-state index in [9.17, 15) is 9.59 Å². The normalized spacial score (nSPS) is 14.7. The molecule has 0 radical (unpaired) electrons. The summed E-state index contributed by atoms with van der Waals surface area (Å²) in [6.45, 7) is 9.82. The molecule has 0 bridgehead atoms. The lowest BCUT2D eigenvalue weighted by molar-refractivity contribution is -0.117. The van der Waals surface area contributed by atoms with Crippen LogP contribution in [0.25, 0.3) is 6.08 Å². The van der Waals surface area contributed by atoms with Crippen molar-refractivity contribution in [2.75, 3.05) is 29.6 Å². The summed E-state index contributed by atoms with van der Waals surface area (Å²) in [5, 5.41) is 1.78. The van der Waals surface area contributed by atoms with E-state index in [1.54, 1.807) is 18.2 Å². The summed E-state index contributed by atoms with van der Waals surface area (Å²) in [7, 11) is 0. The molecule has 31 heavy (non-hydrogen) atoms. The molecule has 2 aromatic rings. The maximum absolute atomic E-state index is 12.9. The highest BCUT2D eigenvalue weighted by atomic mass is 35.5. The fraction of sp³-hybridized carbons (Fsp3) is 0.217. The van der Waals surface area contributed by atoms with Gasteiger partial charge in [0.2, 0.25) is 0 Å². The van der Waals surface area contributed by atoms with Gasteiger partial charge in [0, 0.05) is 30.4 Å². The van der Waals surface area contributed by atoms with Crippen molar-refractivity contribution in [3.8, 4) is 5.75 Å². The predicted molar refractivity (Wildman–Crippen MR) is 126 cm³/mol. The molecule has 8 heteroatoms. The van der Waals surface area contributed by atoms with E-state index in [4.69, 9.17) is 27.9 Å². The van der Waals surface area contributed by atoms with E-state index in [0.717, 1.165) is 23.8 Å². The van der Waals surface area contributed by atoms with Gasteiger partial charge in [-0.3, -0.25) is 15.0 Å². The Morgan fingerprint density at radius 2 is 1.84 bits per heavy atom. The zero-order chi connectivity index (χ0) is 22.5. The zero-order valence-corrected chi connectivity index (χ0v) is 18.8. The minimum Gasteiger partial charge on any atom is -0.489 e. The smallest absolute Gasteiger partial charge is 0.282 e. The molecule has 2 amide bonds. The van der Waals surface area contributed by atoms with Crippen molar-refractivity contribution in [2.45, 2.75) is 13.8 Å². The van der Waals surface area contributed by atoms with Crippen LogP contribution in [0.3, 0.4) is 0 Å². The molecule has 0 spiro atoms. The molecule has 2 aromatic carbocycles. The molecule has 0 aliphatic carbocycles.